The van der Waals surface area contributed by atoms with Gasteiger partial charge in [-0.25, -0.2) is 4.39 Å². The van der Waals surface area contributed by atoms with E-state index in [1.54, 1.807) is 41.3 Å². The zero-order valence-electron chi connectivity index (χ0n) is 25.3. The number of thiophene rings is 1. The number of hydrogen-bond acceptors (Lipinski definition) is 8. The molecule has 3 amide bonds. The number of piperazine rings is 1. The molecule has 1 unspecified atom stereocenters. The molecule has 1 atom stereocenters. The molecule has 3 heterocycles. The predicted molar refractivity (Wildman–Crippen MR) is 173 cm³/mol. The van der Waals surface area contributed by atoms with Gasteiger partial charge in [0.1, 0.15) is 24.2 Å². The minimum atomic E-state index is -0.935. The van der Waals surface area contributed by atoms with Gasteiger partial charge in [0, 0.05) is 61.7 Å². The van der Waals surface area contributed by atoms with Crippen molar-refractivity contribution in [3.05, 3.63) is 122 Å². The van der Waals surface area contributed by atoms with Crippen LogP contribution in [0, 0.1) is 15.9 Å². The molecular formula is C34H32FN5O6S. The van der Waals surface area contributed by atoms with E-state index in [1.165, 1.54) is 46.6 Å². The van der Waals surface area contributed by atoms with Gasteiger partial charge in [0.2, 0.25) is 17.6 Å². The lowest BCUT2D eigenvalue weighted by atomic mass is 10.0. The highest BCUT2D eigenvalue weighted by Crippen LogP contribution is 2.33. The monoisotopic (exact) mass is 657 g/mol. The number of hydrogen-bond donors (Lipinski definition) is 1. The fourth-order valence-corrected chi connectivity index (χ4v) is 6.48. The Labute approximate surface area is 274 Å². The molecule has 2 aliphatic heterocycles. The number of ether oxygens (including phenoxy) is 1. The summed E-state index contributed by atoms with van der Waals surface area (Å²) in [6, 6.07) is 19.8. The van der Waals surface area contributed by atoms with Crippen molar-refractivity contribution in [2.75, 3.05) is 32.7 Å². The topological polar surface area (TPSA) is 125 Å². The normalized spacial score (nSPS) is 17.4. The van der Waals surface area contributed by atoms with Gasteiger partial charge in [0.15, 0.2) is 0 Å². The molecule has 0 radical (unpaired) electrons. The molecule has 1 N–H and O–H groups in total. The van der Waals surface area contributed by atoms with E-state index in [2.05, 4.69) is 10.2 Å². The third-order valence-corrected chi connectivity index (χ3v) is 9.02. The van der Waals surface area contributed by atoms with Gasteiger partial charge < -0.3 is 19.9 Å². The minimum Gasteiger partial charge on any atom is -0.450 e. The molecule has 3 aromatic carbocycles. The van der Waals surface area contributed by atoms with Crippen molar-refractivity contribution in [3.63, 3.8) is 0 Å². The Hall–Kier alpha value is -5.14. The third-order valence-electron chi connectivity index (χ3n) is 8.15. The van der Waals surface area contributed by atoms with Gasteiger partial charge in [-0.15, -0.1) is 11.3 Å². The molecule has 0 aliphatic carbocycles. The molecule has 47 heavy (non-hydrogen) atoms. The first kappa shape index (κ1) is 31.8. The van der Waals surface area contributed by atoms with Gasteiger partial charge in [-0.3, -0.25) is 29.4 Å². The summed E-state index contributed by atoms with van der Waals surface area (Å²) < 4.78 is 19.3. The maximum Gasteiger partial charge on any atom is 0.311 e. The average molecular weight is 658 g/mol. The van der Waals surface area contributed by atoms with E-state index < -0.39 is 22.8 Å². The van der Waals surface area contributed by atoms with Crippen molar-refractivity contribution >= 4 is 34.7 Å². The van der Waals surface area contributed by atoms with Crippen LogP contribution in [0.5, 0.6) is 11.5 Å². The summed E-state index contributed by atoms with van der Waals surface area (Å²) in [6.45, 7) is 2.51. The molecule has 4 bridgehead atoms. The van der Waals surface area contributed by atoms with Gasteiger partial charge in [-0.05, 0) is 52.9 Å². The van der Waals surface area contributed by atoms with Crippen molar-refractivity contribution in [2.24, 2.45) is 0 Å². The lowest BCUT2D eigenvalue weighted by molar-refractivity contribution is -0.385. The number of nitrogens with zero attached hydrogens (tertiary/aromatic N) is 4. The first-order chi connectivity index (χ1) is 22.7. The van der Waals surface area contributed by atoms with E-state index in [-0.39, 0.29) is 54.0 Å². The molecular weight excluding hydrogens is 625 g/mol. The largest absolute Gasteiger partial charge is 0.450 e. The van der Waals surface area contributed by atoms with Gasteiger partial charge >= 0.3 is 5.69 Å². The van der Waals surface area contributed by atoms with Crippen molar-refractivity contribution in [1.29, 1.82) is 0 Å². The van der Waals surface area contributed by atoms with E-state index in [0.717, 1.165) is 10.4 Å². The number of fused-ring (bicyclic) bond motifs is 4. The Morgan fingerprint density at radius 3 is 2.49 bits per heavy atom. The Kier molecular flexibility index (Phi) is 9.55. The summed E-state index contributed by atoms with van der Waals surface area (Å²) in [6.07, 6.45) is 0.137. The van der Waals surface area contributed by atoms with Crippen LogP contribution in [0.1, 0.15) is 26.4 Å². The molecule has 2 aliphatic rings. The zero-order valence-corrected chi connectivity index (χ0v) is 26.2. The van der Waals surface area contributed by atoms with Crippen LogP contribution in [-0.4, -0.2) is 76.1 Å². The highest BCUT2D eigenvalue weighted by Gasteiger charge is 2.31. The lowest BCUT2D eigenvalue weighted by Gasteiger charge is -2.36. The number of rotatable bonds is 6. The second kappa shape index (κ2) is 14.1. The molecule has 0 saturated carbocycles. The Bertz CT molecular complexity index is 1780. The number of halogens is 1. The van der Waals surface area contributed by atoms with Crippen LogP contribution in [0.4, 0.5) is 10.1 Å². The summed E-state index contributed by atoms with van der Waals surface area (Å²) >= 11 is 1.43. The van der Waals surface area contributed by atoms with Gasteiger partial charge in [-0.1, -0.05) is 30.3 Å². The number of carbonyl (C=O) groups excluding carboxylic acids is 3. The summed E-state index contributed by atoms with van der Waals surface area (Å²) in [5, 5.41) is 16.6. The molecule has 11 nitrogen and oxygen atoms in total. The second-order valence-electron chi connectivity index (χ2n) is 11.5. The maximum atomic E-state index is 14.0. The number of amides is 3. The third kappa shape index (κ3) is 7.81. The van der Waals surface area contributed by atoms with Crippen LogP contribution in [-0.2, 0) is 29.1 Å². The van der Waals surface area contributed by atoms with E-state index >= 15 is 0 Å². The summed E-state index contributed by atoms with van der Waals surface area (Å²) in [5.74, 6) is -1.39. The van der Waals surface area contributed by atoms with Crippen LogP contribution in [0.2, 0.25) is 0 Å². The Balaban J connectivity index is 1.26. The number of carbonyl (C=O) groups is 3. The molecule has 0 spiro atoms. The fraction of sp³-hybridized carbons (Fsp3) is 0.265. The zero-order chi connectivity index (χ0) is 32.9. The van der Waals surface area contributed by atoms with E-state index in [1.807, 2.05) is 17.5 Å². The summed E-state index contributed by atoms with van der Waals surface area (Å²) in [5.41, 5.74) is 1.46. The Morgan fingerprint density at radius 1 is 0.979 bits per heavy atom. The molecule has 13 heteroatoms. The first-order valence-electron chi connectivity index (χ1n) is 15.1. The first-order valence-corrected chi connectivity index (χ1v) is 16.0. The summed E-state index contributed by atoms with van der Waals surface area (Å²) in [4.78, 5) is 58.7. The van der Waals surface area contributed by atoms with Gasteiger partial charge in [-0.2, -0.15) is 0 Å². The van der Waals surface area contributed by atoms with Crippen molar-refractivity contribution in [1.82, 2.24) is 20.0 Å². The molecule has 1 fully saturated rings. The molecule has 242 valence electrons. The standard InChI is InChI=1S/C34H32FN5O6S/c35-26-9-6-23(7-10-26)20-37-12-14-38(15-13-37)34(43)29-18-24-3-1-4-27(17-24)46-31-19-25(8-11-30(31)40(44)45)33(42)39(22-32(41)36-29)21-28-5-2-16-47-28/h1-11,16-17,19,29H,12-15,18,20-22H2,(H,36,41). The average Bonchev–Trinajstić information content (AvgIpc) is 3.58. The van der Waals surface area contributed by atoms with E-state index in [0.29, 0.717) is 38.3 Å². The van der Waals surface area contributed by atoms with E-state index in [4.69, 9.17) is 4.74 Å². The molecule has 1 saturated heterocycles. The second-order valence-corrected chi connectivity index (χ2v) is 12.5. The number of nitrogens with one attached hydrogen (secondary N) is 1. The highest BCUT2D eigenvalue weighted by atomic mass is 32.1. The van der Waals surface area contributed by atoms with Crippen molar-refractivity contribution in [2.45, 2.75) is 25.6 Å². The maximum absolute atomic E-state index is 14.0. The molecule has 4 aromatic rings. The lowest BCUT2D eigenvalue weighted by Crippen LogP contribution is -2.56. The number of nitro benzene ring substituents is 1. The van der Waals surface area contributed by atoms with Crippen LogP contribution < -0.4 is 10.1 Å². The van der Waals surface area contributed by atoms with Gasteiger partial charge in [0.25, 0.3) is 5.91 Å². The van der Waals surface area contributed by atoms with Crippen LogP contribution in [0.25, 0.3) is 0 Å². The SMILES string of the molecule is O=C1CN(Cc2cccs2)C(=O)c2ccc([N+](=O)[O-])c(c2)Oc2cccc(c2)CC(C(=O)N2CCN(Cc3ccc(F)cc3)CC2)N1. The molecule has 6 rings (SSSR count). The van der Waals surface area contributed by atoms with Crippen molar-refractivity contribution in [3.8, 4) is 11.5 Å². The summed E-state index contributed by atoms with van der Waals surface area (Å²) in [7, 11) is 0. The smallest absolute Gasteiger partial charge is 0.311 e. The number of nitro groups is 1. The highest BCUT2D eigenvalue weighted by molar-refractivity contribution is 7.09. The van der Waals surface area contributed by atoms with Crippen LogP contribution >= 0.6 is 11.3 Å². The minimum absolute atomic E-state index is 0.110. The molecule has 1 aromatic heterocycles. The van der Waals surface area contributed by atoms with Crippen LogP contribution in [0.15, 0.2) is 84.2 Å². The van der Waals surface area contributed by atoms with Crippen molar-refractivity contribution < 1.29 is 28.4 Å². The fourth-order valence-electron chi connectivity index (χ4n) is 5.76. The van der Waals surface area contributed by atoms with Gasteiger partial charge in [0.05, 0.1) is 11.5 Å². The quantitative estimate of drug-likeness (QED) is 0.237. The van der Waals surface area contributed by atoms with E-state index in [9.17, 15) is 28.9 Å². The number of benzene rings is 3. The Morgan fingerprint density at radius 2 is 1.77 bits per heavy atom. The van der Waals surface area contributed by atoms with Crippen LogP contribution in [0.3, 0.4) is 0 Å². The predicted octanol–water partition coefficient (Wildman–Crippen LogP) is 4.62.